The first-order valence-electron chi connectivity index (χ1n) is 6.40. The number of aromatic nitrogens is 2. The van der Waals surface area contributed by atoms with Crippen LogP contribution in [0, 0.1) is 6.92 Å². The molecule has 0 unspecified atom stereocenters. The Labute approximate surface area is 132 Å². The Balaban J connectivity index is 2.21. The van der Waals surface area contributed by atoms with Crippen molar-refractivity contribution < 1.29 is 8.42 Å². The predicted octanol–water partition coefficient (Wildman–Crippen LogP) is 2.91. The van der Waals surface area contributed by atoms with Crippen LogP contribution in [-0.4, -0.2) is 18.4 Å². The first-order chi connectivity index (χ1) is 10.4. The van der Waals surface area contributed by atoms with E-state index in [1.807, 2.05) is 18.2 Å². The molecule has 0 atom stereocenters. The molecule has 0 aliphatic heterocycles. The highest BCUT2D eigenvalue weighted by Gasteiger charge is 2.17. The lowest BCUT2D eigenvalue weighted by atomic mass is 10.0. The smallest absolute Gasteiger partial charge is 0.238 e. The van der Waals surface area contributed by atoms with E-state index in [0.29, 0.717) is 10.6 Å². The van der Waals surface area contributed by atoms with Gasteiger partial charge in [0.25, 0.3) is 0 Å². The van der Waals surface area contributed by atoms with Crippen molar-refractivity contribution >= 4 is 32.5 Å². The van der Waals surface area contributed by atoms with Gasteiger partial charge >= 0.3 is 0 Å². The Morgan fingerprint density at radius 3 is 2.68 bits per heavy atom. The molecule has 2 aromatic carbocycles. The van der Waals surface area contributed by atoms with E-state index >= 15 is 0 Å². The van der Waals surface area contributed by atoms with Crippen molar-refractivity contribution in [1.82, 2.24) is 9.97 Å². The van der Waals surface area contributed by atoms with Gasteiger partial charge in [-0.05, 0) is 36.2 Å². The van der Waals surface area contributed by atoms with E-state index in [1.54, 1.807) is 19.2 Å². The average Bonchev–Trinajstić information content (AvgIpc) is 2.48. The lowest BCUT2D eigenvalue weighted by molar-refractivity contribution is 0.597. The number of nitrogens with zero attached hydrogens (tertiary/aromatic N) is 2. The fourth-order valence-corrected chi connectivity index (χ4v) is 3.47. The summed E-state index contributed by atoms with van der Waals surface area (Å²) in [5.41, 5.74) is 2.85. The molecule has 0 spiro atoms. The Morgan fingerprint density at radius 2 is 1.95 bits per heavy atom. The van der Waals surface area contributed by atoms with Gasteiger partial charge in [-0.25, -0.2) is 23.5 Å². The molecule has 0 saturated heterocycles. The molecule has 1 heterocycles. The molecule has 7 heteroatoms. The van der Waals surface area contributed by atoms with E-state index in [2.05, 4.69) is 9.97 Å². The molecule has 5 nitrogen and oxygen atoms in total. The quantitative estimate of drug-likeness (QED) is 0.781. The number of hydrogen-bond donors (Lipinski definition) is 1. The first kappa shape index (κ1) is 14.9. The molecule has 0 bridgehead atoms. The van der Waals surface area contributed by atoms with E-state index in [0.717, 1.165) is 22.0 Å². The normalized spacial score (nSPS) is 11.8. The summed E-state index contributed by atoms with van der Waals surface area (Å²) in [4.78, 5) is 8.19. The zero-order chi connectivity index (χ0) is 15.9. The van der Waals surface area contributed by atoms with Crippen LogP contribution in [0.4, 0.5) is 0 Å². The predicted molar refractivity (Wildman–Crippen MR) is 86.1 cm³/mol. The van der Waals surface area contributed by atoms with Crippen molar-refractivity contribution in [3.8, 4) is 11.1 Å². The maximum absolute atomic E-state index is 11.5. The standard InChI is InChI=1S/C15H12ClN3O2S/c1-9-14(22(17,20)21)5-3-12(15(9)16)10-2-4-13-11(6-10)7-18-8-19-13/h2-8H,1H3,(H2,17,20,21). The minimum Gasteiger partial charge on any atom is -0.244 e. The minimum atomic E-state index is -3.79. The van der Waals surface area contributed by atoms with Gasteiger partial charge in [0.05, 0.1) is 15.4 Å². The van der Waals surface area contributed by atoms with Crippen LogP contribution in [0.1, 0.15) is 5.56 Å². The van der Waals surface area contributed by atoms with Crippen LogP contribution in [0.2, 0.25) is 5.02 Å². The Morgan fingerprint density at radius 1 is 1.18 bits per heavy atom. The second-order valence-electron chi connectivity index (χ2n) is 4.89. The highest BCUT2D eigenvalue weighted by molar-refractivity contribution is 7.89. The van der Waals surface area contributed by atoms with Crippen LogP contribution in [0.15, 0.2) is 47.8 Å². The van der Waals surface area contributed by atoms with Crippen LogP contribution >= 0.6 is 11.6 Å². The van der Waals surface area contributed by atoms with Crippen LogP contribution in [0.25, 0.3) is 22.0 Å². The molecule has 0 aliphatic carbocycles. The molecule has 3 rings (SSSR count). The summed E-state index contributed by atoms with van der Waals surface area (Å²) in [7, 11) is -3.79. The van der Waals surface area contributed by atoms with E-state index in [1.165, 1.54) is 12.4 Å². The van der Waals surface area contributed by atoms with Gasteiger partial charge in [0.2, 0.25) is 10.0 Å². The summed E-state index contributed by atoms with van der Waals surface area (Å²) in [5, 5.41) is 6.43. The monoisotopic (exact) mass is 333 g/mol. The van der Waals surface area contributed by atoms with Crippen LogP contribution in [0.5, 0.6) is 0 Å². The third-order valence-corrected chi connectivity index (χ3v) is 5.00. The molecule has 0 aliphatic rings. The number of fused-ring (bicyclic) bond motifs is 1. The summed E-state index contributed by atoms with van der Waals surface area (Å²) in [5.74, 6) is 0. The molecule has 0 saturated carbocycles. The van der Waals surface area contributed by atoms with E-state index in [9.17, 15) is 8.42 Å². The first-order valence-corrected chi connectivity index (χ1v) is 8.32. The summed E-state index contributed by atoms with van der Waals surface area (Å²) < 4.78 is 23.1. The lowest BCUT2D eigenvalue weighted by Gasteiger charge is -2.11. The van der Waals surface area contributed by atoms with Crippen molar-refractivity contribution in [2.24, 2.45) is 5.14 Å². The van der Waals surface area contributed by atoms with Gasteiger partial charge < -0.3 is 0 Å². The van der Waals surface area contributed by atoms with Gasteiger partial charge in [-0.15, -0.1) is 0 Å². The van der Waals surface area contributed by atoms with Gasteiger partial charge in [-0.3, -0.25) is 0 Å². The Kier molecular flexibility index (Phi) is 3.60. The molecule has 2 N–H and O–H groups in total. The molecule has 0 amide bonds. The molecule has 22 heavy (non-hydrogen) atoms. The number of rotatable bonds is 2. The third-order valence-electron chi connectivity index (χ3n) is 3.46. The van der Waals surface area contributed by atoms with Crippen LogP contribution < -0.4 is 5.14 Å². The molecule has 3 aromatic rings. The molecule has 0 radical (unpaired) electrons. The highest BCUT2D eigenvalue weighted by Crippen LogP contribution is 2.34. The fraction of sp³-hybridized carbons (Fsp3) is 0.0667. The van der Waals surface area contributed by atoms with Crippen molar-refractivity contribution in [1.29, 1.82) is 0 Å². The number of sulfonamides is 1. The summed E-state index contributed by atoms with van der Waals surface area (Å²) in [6, 6.07) is 8.78. The molecular formula is C15H12ClN3O2S. The molecule has 0 fully saturated rings. The topological polar surface area (TPSA) is 85.9 Å². The number of hydrogen-bond acceptors (Lipinski definition) is 4. The van der Waals surface area contributed by atoms with Crippen molar-refractivity contribution in [2.45, 2.75) is 11.8 Å². The van der Waals surface area contributed by atoms with Crippen molar-refractivity contribution in [3.05, 3.63) is 53.4 Å². The molecular weight excluding hydrogens is 322 g/mol. The lowest BCUT2D eigenvalue weighted by Crippen LogP contribution is -2.13. The average molecular weight is 334 g/mol. The second-order valence-corrected chi connectivity index (χ2v) is 6.80. The van der Waals surface area contributed by atoms with E-state index < -0.39 is 10.0 Å². The number of primary sulfonamides is 1. The fourth-order valence-electron chi connectivity index (χ4n) is 2.35. The van der Waals surface area contributed by atoms with Gasteiger partial charge in [-0.2, -0.15) is 0 Å². The number of halogens is 1. The zero-order valence-electron chi connectivity index (χ0n) is 11.6. The molecule has 112 valence electrons. The van der Waals surface area contributed by atoms with Crippen LogP contribution in [-0.2, 0) is 10.0 Å². The highest BCUT2D eigenvalue weighted by atomic mass is 35.5. The van der Waals surface area contributed by atoms with Crippen molar-refractivity contribution in [2.75, 3.05) is 0 Å². The number of nitrogens with two attached hydrogens (primary N) is 1. The minimum absolute atomic E-state index is 0.0328. The largest absolute Gasteiger partial charge is 0.244 e. The Hall–Kier alpha value is -2.02. The van der Waals surface area contributed by atoms with Gasteiger partial charge in [0.1, 0.15) is 6.33 Å². The van der Waals surface area contributed by atoms with E-state index in [4.69, 9.17) is 16.7 Å². The maximum Gasteiger partial charge on any atom is 0.238 e. The third kappa shape index (κ3) is 2.56. The molecule has 1 aromatic heterocycles. The van der Waals surface area contributed by atoms with E-state index in [-0.39, 0.29) is 4.90 Å². The van der Waals surface area contributed by atoms with Gasteiger partial charge in [-0.1, -0.05) is 23.7 Å². The second kappa shape index (κ2) is 5.31. The zero-order valence-corrected chi connectivity index (χ0v) is 13.2. The van der Waals surface area contributed by atoms with Crippen molar-refractivity contribution in [3.63, 3.8) is 0 Å². The summed E-state index contributed by atoms with van der Waals surface area (Å²) in [6.07, 6.45) is 3.20. The SMILES string of the molecule is Cc1c(S(N)(=O)=O)ccc(-c2ccc3ncncc3c2)c1Cl. The van der Waals surface area contributed by atoms with Crippen LogP contribution in [0.3, 0.4) is 0 Å². The number of benzene rings is 2. The maximum atomic E-state index is 11.5. The summed E-state index contributed by atoms with van der Waals surface area (Å²) in [6.45, 7) is 1.63. The summed E-state index contributed by atoms with van der Waals surface area (Å²) >= 11 is 6.34. The van der Waals surface area contributed by atoms with Gasteiger partial charge in [0, 0.05) is 17.1 Å². The van der Waals surface area contributed by atoms with Gasteiger partial charge in [0.15, 0.2) is 0 Å². The Bertz CT molecular complexity index is 987.